The minimum Gasteiger partial charge on any atom is -1.00 e. The van der Waals surface area contributed by atoms with Crippen LogP contribution in [0.4, 0.5) is 0 Å². The Labute approximate surface area is 317 Å². The molecule has 0 N–H and O–H groups in total. The smallest absolute Gasteiger partial charge is 1.00 e. The van der Waals surface area contributed by atoms with Crippen molar-refractivity contribution in [1.82, 2.24) is 0 Å². The van der Waals surface area contributed by atoms with E-state index in [1.165, 1.54) is 61.2 Å². The molecule has 0 saturated carbocycles. The molecule has 0 bridgehead atoms. The van der Waals surface area contributed by atoms with E-state index in [-0.39, 0.29) is 61.5 Å². The Morgan fingerprint density at radius 3 is 1.55 bits per heavy atom. The molecular weight excluding hydrogens is 778 g/mol. The van der Waals surface area contributed by atoms with Crippen LogP contribution in [0.2, 0.25) is 0 Å². The molecule has 0 atom stereocenters. The average Bonchev–Trinajstić information content (AvgIpc) is 3.66. The van der Waals surface area contributed by atoms with Gasteiger partial charge in [0, 0.05) is 0 Å². The van der Waals surface area contributed by atoms with Gasteiger partial charge < -0.3 is 24.8 Å². The molecule has 5 aromatic carbocycles. The molecule has 0 fully saturated rings. The van der Waals surface area contributed by atoms with Gasteiger partial charge in [-0.15, -0.1) is 42.0 Å². The Hall–Kier alpha value is -2.58. The van der Waals surface area contributed by atoms with Gasteiger partial charge >= 0.3 is 25.8 Å². The first-order valence-electron chi connectivity index (χ1n) is 15.8. The average molecular weight is 828 g/mol. The zero-order chi connectivity index (χ0) is 32.3. The van der Waals surface area contributed by atoms with E-state index < -0.39 is 0 Å². The second-order valence-electron chi connectivity index (χ2n) is 14.8. The van der Waals surface area contributed by atoms with Gasteiger partial charge in [-0.25, -0.2) is 6.07 Å². The Morgan fingerprint density at radius 2 is 1.11 bits per heavy atom. The quantitative estimate of drug-likeness (QED) is 0.106. The van der Waals surface area contributed by atoms with E-state index in [4.69, 9.17) is 0 Å². The Balaban J connectivity index is 0.000000682. The van der Waals surface area contributed by atoms with Crippen molar-refractivity contribution >= 4 is 0 Å². The molecule has 5 aromatic rings. The van der Waals surface area contributed by atoms with Crippen molar-refractivity contribution < 1.29 is 50.7 Å². The summed E-state index contributed by atoms with van der Waals surface area (Å²) in [6, 6.07) is 41.3. The minimum atomic E-state index is 0. The van der Waals surface area contributed by atoms with Crippen molar-refractivity contribution in [2.75, 3.05) is 0 Å². The Morgan fingerprint density at radius 1 is 0.596 bits per heavy atom. The van der Waals surface area contributed by atoms with E-state index >= 15 is 0 Å². The number of halogens is 2. The van der Waals surface area contributed by atoms with Crippen LogP contribution in [-0.2, 0) is 48.5 Å². The first-order valence-corrected chi connectivity index (χ1v) is 15.8. The van der Waals surface area contributed by atoms with Crippen LogP contribution in [0.15, 0.2) is 116 Å². The SMILES string of the molecule is C=C.CC(C)(C)c1cc2c([c-]c1-c1ccccc1)Cc1cc(-c3ccccc3)c(C(C)(C)C)cc1-2.CC(C)(C)c1cc[cH-]c1.[Cl-].[Cl-].[Hf+4]. The van der Waals surface area contributed by atoms with E-state index in [0.717, 1.165) is 6.42 Å². The first-order chi connectivity index (χ1) is 20.7. The maximum atomic E-state index is 3.88. The maximum Gasteiger partial charge on any atom is 4.00 e. The van der Waals surface area contributed by atoms with Gasteiger partial charge in [0.2, 0.25) is 0 Å². The molecule has 47 heavy (non-hydrogen) atoms. The van der Waals surface area contributed by atoms with Gasteiger partial charge in [-0.05, 0) is 39.5 Å². The largest absolute Gasteiger partial charge is 4.00 e. The zero-order valence-electron chi connectivity index (χ0n) is 29.7. The van der Waals surface area contributed by atoms with Crippen LogP contribution in [0.5, 0.6) is 0 Å². The molecule has 0 spiro atoms. The second kappa shape index (κ2) is 17.2. The predicted octanol–water partition coefficient (Wildman–Crippen LogP) is 6.50. The van der Waals surface area contributed by atoms with E-state index in [0.29, 0.717) is 5.41 Å². The molecule has 0 aliphatic heterocycles. The number of hydrogen-bond acceptors (Lipinski definition) is 0. The van der Waals surface area contributed by atoms with Crippen molar-refractivity contribution in [3.8, 4) is 33.4 Å². The second-order valence-corrected chi connectivity index (χ2v) is 14.8. The summed E-state index contributed by atoms with van der Waals surface area (Å²) in [5, 5.41) is 0. The maximum absolute atomic E-state index is 3.88. The van der Waals surface area contributed by atoms with E-state index in [1.807, 2.05) is 0 Å². The third-order valence-corrected chi connectivity index (χ3v) is 8.35. The van der Waals surface area contributed by atoms with Crippen LogP contribution >= 0.6 is 0 Å². The molecule has 0 aromatic heterocycles. The monoisotopic (exact) mass is 828 g/mol. The van der Waals surface area contributed by atoms with Gasteiger partial charge in [0.05, 0.1) is 0 Å². The third-order valence-electron chi connectivity index (χ3n) is 8.35. The van der Waals surface area contributed by atoms with Gasteiger partial charge in [0.15, 0.2) is 0 Å². The number of hydrogen-bond donors (Lipinski definition) is 0. The Kier molecular flexibility index (Phi) is 15.5. The van der Waals surface area contributed by atoms with Gasteiger partial charge in [-0.1, -0.05) is 157 Å². The molecule has 1 aliphatic rings. The minimum absolute atomic E-state index is 0. The van der Waals surface area contributed by atoms with Crippen molar-refractivity contribution in [1.29, 1.82) is 0 Å². The summed E-state index contributed by atoms with van der Waals surface area (Å²) < 4.78 is 0. The summed E-state index contributed by atoms with van der Waals surface area (Å²) in [5.41, 5.74) is 15.2. The zero-order valence-corrected chi connectivity index (χ0v) is 34.8. The third kappa shape index (κ3) is 9.97. The summed E-state index contributed by atoms with van der Waals surface area (Å²) in [5.74, 6) is 0. The molecule has 0 heterocycles. The standard InChI is InChI=1S/C33H33.C9H13.C2H4.2ClH.Hf/c1-32(2,3)30-20-26-24(18-28(30)22-13-9-7-10-14-22)17-25-19-29(23-15-11-8-12-16-23)31(21-27(25)26)33(4,5)6;1-9(2,3)8-6-4-5-7-8;1-2;;;/h7-16,18,20-21H,17H2,1-6H3;4-7H,1-3H3;1-2H2;2*1H;/q2*-1;;;;+4/p-2. The summed E-state index contributed by atoms with van der Waals surface area (Å²) in [4.78, 5) is 0. The molecule has 0 saturated heterocycles. The van der Waals surface area contributed by atoms with Crippen molar-refractivity contribution in [3.63, 3.8) is 0 Å². The molecule has 0 amide bonds. The molecule has 3 heteroatoms. The van der Waals surface area contributed by atoms with Gasteiger partial charge in [0.1, 0.15) is 0 Å². The fraction of sp³-hybridized carbons (Fsp3) is 0.295. The number of rotatable bonds is 2. The summed E-state index contributed by atoms with van der Waals surface area (Å²) in [6.45, 7) is 26.6. The molecule has 1 aliphatic carbocycles. The normalized spacial score (nSPS) is 11.5. The van der Waals surface area contributed by atoms with E-state index in [9.17, 15) is 0 Å². The van der Waals surface area contributed by atoms with Crippen molar-refractivity contribution in [2.24, 2.45) is 0 Å². The molecule has 244 valence electrons. The first kappa shape index (κ1) is 42.4. The fourth-order valence-corrected chi connectivity index (χ4v) is 5.98. The molecule has 0 radical (unpaired) electrons. The van der Waals surface area contributed by atoms with Crippen LogP contribution in [0.25, 0.3) is 33.4 Å². The molecule has 0 unspecified atom stereocenters. The summed E-state index contributed by atoms with van der Waals surface area (Å²) >= 11 is 0. The van der Waals surface area contributed by atoms with Crippen LogP contribution in [0.1, 0.15) is 90.1 Å². The van der Waals surface area contributed by atoms with E-state index in [1.54, 1.807) is 0 Å². The predicted molar refractivity (Wildman–Crippen MR) is 194 cm³/mol. The van der Waals surface area contributed by atoms with Crippen molar-refractivity contribution in [3.05, 3.63) is 150 Å². The molecule has 6 rings (SSSR count). The van der Waals surface area contributed by atoms with Crippen LogP contribution in [0, 0.1) is 6.07 Å². The topological polar surface area (TPSA) is 0 Å². The van der Waals surface area contributed by atoms with Crippen molar-refractivity contribution in [2.45, 2.75) is 85.0 Å². The summed E-state index contributed by atoms with van der Waals surface area (Å²) in [7, 11) is 0. The van der Waals surface area contributed by atoms with Crippen LogP contribution in [-0.4, -0.2) is 0 Å². The molecular formula is C44H50Cl2Hf. The number of fused-ring (bicyclic) bond motifs is 3. The fourth-order valence-electron chi connectivity index (χ4n) is 5.98. The Bertz CT molecular complexity index is 1570. The number of benzene rings is 4. The van der Waals surface area contributed by atoms with Crippen LogP contribution in [0.3, 0.4) is 0 Å². The molecule has 0 nitrogen and oxygen atoms in total. The summed E-state index contributed by atoms with van der Waals surface area (Å²) in [6.07, 6.45) is 0.944. The van der Waals surface area contributed by atoms with Gasteiger partial charge in [0.25, 0.3) is 0 Å². The van der Waals surface area contributed by atoms with Crippen LogP contribution < -0.4 is 24.8 Å². The van der Waals surface area contributed by atoms with Gasteiger partial charge in [-0.3, -0.25) is 0 Å². The van der Waals surface area contributed by atoms with Gasteiger partial charge in [-0.2, -0.15) is 23.8 Å². The van der Waals surface area contributed by atoms with E-state index in [2.05, 4.69) is 185 Å².